The summed E-state index contributed by atoms with van der Waals surface area (Å²) in [5, 5.41) is 69.3. The van der Waals surface area contributed by atoms with Gasteiger partial charge in [-0.25, -0.2) is 0 Å². The van der Waals surface area contributed by atoms with Crippen molar-refractivity contribution < 1.29 is 54.7 Å². The van der Waals surface area contributed by atoms with Gasteiger partial charge in [0, 0.05) is 12.1 Å². The highest BCUT2D eigenvalue weighted by Gasteiger charge is 2.51. The zero-order valence-electron chi connectivity index (χ0n) is 16.7. The molecule has 0 aromatic rings. The van der Waals surface area contributed by atoms with E-state index in [2.05, 4.69) is 0 Å². The van der Waals surface area contributed by atoms with E-state index in [-0.39, 0.29) is 6.42 Å². The molecule has 1 saturated carbocycles. The molecule has 14 atom stereocenters. The van der Waals surface area contributed by atoms with E-state index in [4.69, 9.17) is 36.1 Å². The maximum Gasteiger partial charge on any atom is 0.187 e. The molecular formula is C17H33N3O11. The molecule has 0 amide bonds. The molecule has 14 heteroatoms. The van der Waals surface area contributed by atoms with Gasteiger partial charge in [0.1, 0.15) is 54.9 Å². The minimum absolute atomic E-state index is 0.123. The molecular weight excluding hydrogens is 422 g/mol. The zero-order valence-corrected chi connectivity index (χ0v) is 16.7. The number of nitrogens with two attached hydrogens (primary N) is 3. The number of aliphatic hydroxyl groups excluding tert-OH is 7. The van der Waals surface area contributed by atoms with Gasteiger partial charge in [0.05, 0.1) is 19.3 Å². The molecule has 14 nitrogen and oxygen atoms in total. The molecule has 13 N–H and O–H groups in total. The molecule has 0 spiro atoms. The average molecular weight is 455 g/mol. The molecule has 3 aliphatic rings. The number of hydrogen-bond acceptors (Lipinski definition) is 14. The van der Waals surface area contributed by atoms with Crippen molar-refractivity contribution in [2.75, 3.05) is 13.2 Å². The largest absolute Gasteiger partial charge is 0.394 e. The van der Waals surface area contributed by atoms with Crippen molar-refractivity contribution in [2.24, 2.45) is 17.2 Å². The Morgan fingerprint density at radius 1 is 0.645 bits per heavy atom. The zero-order chi connectivity index (χ0) is 23.0. The van der Waals surface area contributed by atoms with Crippen molar-refractivity contribution in [1.82, 2.24) is 0 Å². The van der Waals surface area contributed by atoms with Crippen LogP contribution in [0.4, 0.5) is 0 Å². The van der Waals surface area contributed by atoms with Crippen LogP contribution < -0.4 is 17.2 Å². The predicted molar refractivity (Wildman–Crippen MR) is 99.8 cm³/mol. The normalized spacial score (nSPS) is 53.6. The van der Waals surface area contributed by atoms with Crippen LogP contribution in [0.5, 0.6) is 0 Å². The second kappa shape index (κ2) is 10.1. The van der Waals surface area contributed by atoms with Crippen molar-refractivity contribution in [3.8, 4) is 0 Å². The fourth-order valence-electron chi connectivity index (χ4n) is 4.15. The SMILES string of the molecule is NC1[C@@H](O[C@@H]2C(N)C[C@@H](N)C(O[C@@H]3O[C@H](CO)C(O)[C@@H]3O)[C@H]2O)OC(CO)[C@@H](O)[C@@H]1O. The van der Waals surface area contributed by atoms with Gasteiger partial charge < -0.3 is 71.9 Å². The van der Waals surface area contributed by atoms with Crippen LogP contribution in [0.2, 0.25) is 0 Å². The first-order chi connectivity index (χ1) is 14.6. The fourth-order valence-corrected chi connectivity index (χ4v) is 4.15. The summed E-state index contributed by atoms with van der Waals surface area (Å²) >= 11 is 0. The summed E-state index contributed by atoms with van der Waals surface area (Å²) < 4.78 is 22.0. The van der Waals surface area contributed by atoms with Crippen LogP contribution in [0.25, 0.3) is 0 Å². The fraction of sp³-hybridized carbons (Fsp3) is 1.00. The number of rotatable bonds is 6. The number of hydrogen-bond donors (Lipinski definition) is 10. The van der Waals surface area contributed by atoms with Crippen LogP contribution >= 0.6 is 0 Å². The summed E-state index contributed by atoms with van der Waals surface area (Å²) in [6, 6.07) is -2.78. The molecule has 2 heterocycles. The first-order valence-corrected chi connectivity index (χ1v) is 10.1. The molecule has 2 aliphatic heterocycles. The maximum absolute atomic E-state index is 10.8. The minimum Gasteiger partial charge on any atom is -0.394 e. The standard InChI is InChI=1S/C17H33N3O11/c18-4-1-5(19)15(31-17-12(26)10(24)7(3-22)29-17)13(27)14(4)30-16-8(20)11(25)9(23)6(2-21)28-16/h4-17,21-27H,1-3,18-20H2/t4?,5-,6?,7-,8?,9-,10?,11-,12+,13+,14-,15?,16-,17+/m1/s1. The van der Waals surface area contributed by atoms with E-state index in [1.807, 2.05) is 0 Å². The molecule has 1 aliphatic carbocycles. The van der Waals surface area contributed by atoms with Crippen molar-refractivity contribution >= 4 is 0 Å². The van der Waals surface area contributed by atoms with Crippen LogP contribution in [0.3, 0.4) is 0 Å². The van der Waals surface area contributed by atoms with Crippen LogP contribution in [0, 0.1) is 0 Å². The van der Waals surface area contributed by atoms with Gasteiger partial charge in [-0.05, 0) is 6.42 Å². The Labute approximate surface area is 178 Å². The van der Waals surface area contributed by atoms with Gasteiger partial charge in [-0.3, -0.25) is 0 Å². The van der Waals surface area contributed by atoms with E-state index in [0.29, 0.717) is 0 Å². The Balaban J connectivity index is 1.70. The lowest BCUT2D eigenvalue weighted by Crippen LogP contribution is -2.67. The van der Waals surface area contributed by atoms with Gasteiger partial charge in [0.15, 0.2) is 12.6 Å². The van der Waals surface area contributed by atoms with Gasteiger partial charge >= 0.3 is 0 Å². The molecule has 0 radical (unpaired) electrons. The molecule has 0 bridgehead atoms. The van der Waals surface area contributed by atoms with Gasteiger partial charge in [-0.2, -0.15) is 0 Å². The average Bonchev–Trinajstić information content (AvgIpc) is 3.01. The van der Waals surface area contributed by atoms with Gasteiger partial charge in [-0.1, -0.05) is 0 Å². The molecule has 3 fully saturated rings. The smallest absolute Gasteiger partial charge is 0.187 e. The van der Waals surface area contributed by atoms with Crippen LogP contribution in [0.15, 0.2) is 0 Å². The molecule has 5 unspecified atom stereocenters. The van der Waals surface area contributed by atoms with Crippen molar-refractivity contribution in [3.05, 3.63) is 0 Å². The first-order valence-electron chi connectivity index (χ1n) is 10.1. The summed E-state index contributed by atoms with van der Waals surface area (Å²) in [4.78, 5) is 0. The van der Waals surface area contributed by atoms with Crippen LogP contribution in [-0.4, -0.2) is 135 Å². The Morgan fingerprint density at radius 2 is 1.10 bits per heavy atom. The Kier molecular flexibility index (Phi) is 8.21. The highest BCUT2D eigenvalue weighted by molar-refractivity contribution is 5.01. The Hall–Kier alpha value is -0.560. The summed E-state index contributed by atoms with van der Waals surface area (Å²) in [6.45, 7) is -1.16. The third-order valence-corrected chi connectivity index (χ3v) is 6.07. The minimum atomic E-state index is -1.48. The lowest BCUT2D eigenvalue weighted by molar-refractivity contribution is -0.302. The van der Waals surface area contributed by atoms with E-state index in [1.54, 1.807) is 0 Å². The molecule has 3 rings (SSSR count). The topological polar surface area (TPSA) is 257 Å². The van der Waals surface area contributed by atoms with Crippen molar-refractivity contribution in [3.63, 3.8) is 0 Å². The quantitative estimate of drug-likeness (QED) is 0.179. The summed E-state index contributed by atoms with van der Waals surface area (Å²) in [6.07, 6.45) is -14.3. The highest BCUT2D eigenvalue weighted by atomic mass is 16.7. The predicted octanol–water partition coefficient (Wildman–Crippen LogP) is -6.62. The summed E-state index contributed by atoms with van der Waals surface area (Å²) in [7, 11) is 0. The Bertz CT molecular complexity index is 590. The van der Waals surface area contributed by atoms with E-state index in [9.17, 15) is 35.7 Å². The van der Waals surface area contributed by atoms with E-state index in [1.165, 1.54) is 0 Å². The van der Waals surface area contributed by atoms with Gasteiger partial charge in [0.25, 0.3) is 0 Å². The van der Waals surface area contributed by atoms with Crippen LogP contribution in [0.1, 0.15) is 6.42 Å². The van der Waals surface area contributed by atoms with E-state index >= 15 is 0 Å². The number of ether oxygens (including phenoxy) is 4. The van der Waals surface area contributed by atoms with Crippen molar-refractivity contribution in [2.45, 2.75) is 92.1 Å². The third kappa shape index (κ3) is 4.87. The Morgan fingerprint density at radius 3 is 1.61 bits per heavy atom. The molecule has 0 aromatic carbocycles. The lowest BCUT2D eigenvalue weighted by atomic mass is 9.84. The molecule has 182 valence electrons. The van der Waals surface area contributed by atoms with Gasteiger partial charge in [-0.15, -0.1) is 0 Å². The maximum atomic E-state index is 10.8. The lowest BCUT2D eigenvalue weighted by Gasteiger charge is -2.46. The van der Waals surface area contributed by atoms with Gasteiger partial charge in [0.2, 0.25) is 0 Å². The summed E-state index contributed by atoms with van der Waals surface area (Å²) in [5.41, 5.74) is 18.0. The molecule has 31 heavy (non-hydrogen) atoms. The molecule has 2 saturated heterocycles. The highest BCUT2D eigenvalue weighted by Crippen LogP contribution is 2.31. The molecule has 0 aromatic heterocycles. The van der Waals surface area contributed by atoms with Crippen molar-refractivity contribution in [1.29, 1.82) is 0 Å². The first kappa shape index (κ1) is 25.1. The van der Waals surface area contributed by atoms with E-state index in [0.717, 1.165) is 0 Å². The third-order valence-electron chi connectivity index (χ3n) is 6.07. The van der Waals surface area contributed by atoms with E-state index < -0.39 is 98.9 Å². The summed E-state index contributed by atoms with van der Waals surface area (Å²) in [5.74, 6) is 0. The van der Waals surface area contributed by atoms with Crippen LogP contribution in [-0.2, 0) is 18.9 Å². The second-order valence-corrected chi connectivity index (χ2v) is 8.25. The number of aliphatic hydroxyl groups is 7. The monoisotopic (exact) mass is 455 g/mol. The second-order valence-electron chi connectivity index (χ2n) is 8.25.